The summed E-state index contributed by atoms with van der Waals surface area (Å²) in [5, 5.41) is 11.6. The number of benzene rings is 1. The second kappa shape index (κ2) is 5.08. The predicted octanol–water partition coefficient (Wildman–Crippen LogP) is 0.775. The molecule has 0 saturated carbocycles. The lowest BCUT2D eigenvalue weighted by Crippen LogP contribution is -2.56. The summed E-state index contributed by atoms with van der Waals surface area (Å²) < 4.78 is 0. The standard InChI is InChI=1S/C13H16N2O3/c1-9-3-2-4-10(7-9)15-6-5-14-13(18)11(15)8-12(16)17/h2-4,7,11H,5-6,8H2,1H3,(H,14,18)(H,16,17). The van der Waals surface area contributed by atoms with Crippen molar-refractivity contribution in [2.45, 2.75) is 19.4 Å². The summed E-state index contributed by atoms with van der Waals surface area (Å²) in [4.78, 5) is 24.5. The molecule has 2 rings (SSSR count). The number of nitrogens with one attached hydrogen (secondary N) is 1. The monoisotopic (exact) mass is 248 g/mol. The number of anilines is 1. The Kier molecular flexibility index (Phi) is 3.50. The van der Waals surface area contributed by atoms with E-state index in [9.17, 15) is 9.59 Å². The SMILES string of the molecule is Cc1cccc(N2CCNC(=O)C2CC(=O)O)c1. The predicted molar refractivity (Wildman–Crippen MR) is 67.6 cm³/mol. The highest BCUT2D eigenvalue weighted by Gasteiger charge is 2.31. The Bertz CT molecular complexity index is 473. The summed E-state index contributed by atoms with van der Waals surface area (Å²) in [5.41, 5.74) is 1.99. The van der Waals surface area contributed by atoms with E-state index in [0.29, 0.717) is 13.1 Å². The van der Waals surface area contributed by atoms with Crippen LogP contribution in [0.4, 0.5) is 5.69 Å². The molecule has 1 heterocycles. The number of carbonyl (C=O) groups excluding carboxylic acids is 1. The van der Waals surface area contributed by atoms with Crippen molar-refractivity contribution in [3.63, 3.8) is 0 Å². The fraction of sp³-hybridized carbons (Fsp3) is 0.385. The molecule has 18 heavy (non-hydrogen) atoms. The molecule has 0 aromatic heterocycles. The van der Waals surface area contributed by atoms with Crippen LogP contribution in [0.25, 0.3) is 0 Å². The van der Waals surface area contributed by atoms with Gasteiger partial charge in [0.2, 0.25) is 5.91 Å². The average molecular weight is 248 g/mol. The molecular formula is C13H16N2O3. The highest BCUT2D eigenvalue weighted by Crippen LogP contribution is 2.21. The highest BCUT2D eigenvalue weighted by molar-refractivity contribution is 5.90. The zero-order valence-electron chi connectivity index (χ0n) is 10.2. The fourth-order valence-corrected chi connectivity index (χ4v) is 2.20. The van der Waals surface area contributed by atoms with Crippen LogP contribution < -0.4 is 10.2 Å². The Hall–Kier alpha value is -2.04. The van der Waals surface area contributed by atoms with E-state index in [-0.39, 0.29) is 12.3 Å². The number of amides is 1. The number of carboxylic acids is 1. The maximum Gasteiger partial charge on any atom is 0.305 e. The van der Waals surface area contributed by atoms with E-state index in [2.05, 4.69) is 5.32 Å². The van der Waals surface area contributed by atoms with E-state index >= 15 is 0 Å². The zero-order valence-corrected chi connectivity index (χ0v) is 10.2. The molecular weight excluding hydrogens is 232 g/mol. The largest absolute Gasteiger partial charge is 0.481 e. The van der Waals surface area contributed by atoms with Crippen molar-refractivity contribution in [3.8, 4) is 0 Å². The lowest BCUT2D eigenvalue weighted by atomic mass is 10.1. The van der Waals surface area contributed by atoms with Gasteiger partial charge in [-0.2, -0.15) is 0 Å². The van der Waals surface area contributed by atoms with Crippen molar-refractivity contribution in [1.82, 2.24) is 5.32 Å². The molecule has 96 valence electrons. The summed E-state index contributed by atoms with van der Waals surface area (Å²) in [6, 6.07) is 7.13. The second-order valence-electron chi connectivity index (χ2n) is 4.44. The van der Waals surface area contributed by atoms with E-state index in [1.165, 1.54) is 0 Å². The van der Waals surface area contributed by atoms with Gasteiger partial charge in [-0.05, 0) is 24.6 Å². The van der Waals surface area contributed by atoms with Gasteiger partial charge in [0.1, 0.15) is 6.04 Å². The second-order valence-corrected chi connectivity index (χ2v) is 4.44. The molecule has 0 aliphatic carbocycles. The molecule has 5 heteroatoms. The van der Waals surface area contributed by atoms with Gasteiger partial charge < -0.3 is 15.3 Å². The summed E-state index contributed by atoms with van der Waals surface area (Å²) in [5.74, 6) is -1.18. The number of piperazine rings is 1. The van der Waals surface area contributed by atoms with Gasteiger partial charge in [0.15, 0.2) is 0 Å². The normalized spacial score (nSPS) is 19.5. The van der Waals surface area contributed by atoms with Gasteiger partial charge in [-0.3, -0.25) is 9.59 Å². The number of hydrogen-bond donors (Lipinski definition) is 2. The van der Waals surface area contributed by atoms with Gasteiger partial charge in [-0.25, -0.2) is 0 Å². The maximum atomic E-state index is 11.8. The Morgan fingerprint density at radius 3 is 3.00 bits per heavy atom. The number of carboxylic acid groups (broad SMARTS) is 1. The average Bonchev–Trinajstić information content (AvgIpc) is 2.31. The van der Waals surface area contributed by atoms with Crippen LogP contribution >= 0.6 is 0 Å². The number of carbonyl (C=O) groups is 2. The molecule has 1 aliphatic rings. The molecule has 2 N–H and O–H groups in total. The third kappa shape index (κ3) is 2.61. The molecule has 1 amide bonds. The van der Waals surface area contributed by atoms with E-state index in [1.54, 1.807) is 0 Å². The topological polar surface area (TPSA) is 69.6 Å². The minimum absolute atomic E-state index is 0.181. The first-order valence-corrected chi connectivity index (χ1v) is 5.91. The van der Waals surface area contributed by atoms with E-state index in [1.807, 2.05) is 36.1 Å². The van der Waals surface area contributed by atoms with Crippen LogP contribution in [0.5, 0.6) is 0 Å². The van der Waals surface area contributed by atoms with Crippen molar-refractivity contribution < 1.29 is 14.7 Å². The molecule has 1 aromatic rings. The first-order chi connectivity index (χ1) is 8.58. The molecule has 0 radical (unpaired) electrons. The Labute approximate surface area is 105 Å². The smallest absolute Gasteiger partial charge is 0.305 e. The Morgan fingerprint density at radius 1 is 1.56 bits per heavy atom. The number of aliphatic carboxylic acids is 1. The van der Waals surface area contributed by atoms with Gasteiger partial charge in [-0.15, -0.1) is 0 Å². The van der Waals surface area contributed by atoms with Crippen LogP contribution in [0, 0.1) is 6.92 Å². The number of rotatable bonds is 3. The molecule has 0 spiro atoms. The molecule has 5 nitrogen and oxygen atoms in total. The zero-order chi connectivity index (χ0) is 13.1. The van der Waals surface area contributed by atoms with Crippen molar-refractivity contribution >= 4 is 17.6 Å². The fourth-order valence-electron chi connectivity index (χ4n) is 2.20. The Morgan fingerprint density at radius 2 is 2.33 bits per heavy atom. The first-order valence-electron chi connectivity index (χ1n) is 5.91. The highest BCUT2D eigenvalue weighted by atomic mass is 16.4. The number of nitrogens with zero attached hydrogens (tertiary/aromatic N) is 1. The first kappa shape index (κ1) is 12.4. The van der Waals surface area contributed by atoms with E-state index < -0.39 is 12.0 Å². The minimum Gasteiger partial charge on any atom is -0.481 e. The molecule has 1 aromatic carbocycles. The van der Waals surface area contributed by atoms with Gasteiger partial charge in [0.25, 0.3) is 0 Å². The molecule has 1 atom stereocenters. The summed E-state index contributed by atoms with van der Waals surface area (Å²) in [6.07, 6.45) is -0.181. The maximum absolute atomic E-state index is 11.8. The quantitative estimate of drug-likeness (QED) is 0.829. The summed E-state index contributed by atoms with van der Waals surface area (Å²) in [7, 11) is 0. The molecule has 1 fully saturated rings. The Balaban J connectivity index is 2.27. The molecule has 1 saturated heterocycles. The van der Waals surface area contributed by atoms with E-state index in [4.69, 9.17) is 5.11 Å². The molecule has 1 unspecified atom stereocenters. The lowest BCUT2D eigenvalue weighted by molar-refractivity contribution is -0.139. The van der Waals surface area contributed by atoms with Crippen molar-refractivity contribution in [3.05, 3.63) is 29.8 Å². The van der Waals surface area contributed by atoms with Crippen LogP contribution in [0.1, 0.15) is 12.0 Å². The van der Waals surface area contributed by atoms with Gasteiger partial charge in [0.05, 0.1) is 6.42 Å². The van der Waals surface area contributed by atoms with E-state index in [0.717, 1.165) is 11.3 Å². The molecule has 1 aliphatic heterocycles. The lowest BCUT2D eigenvalue weighted by Gasteiger charge is -2.36. The number of aryl methyl sites for hydroxylation is 1. The van der Waals surface area contributed by atoms with Crippen LogP contribution in [0.3, 0.4) is 0 Å². The van der Waals surface area contributed by atoms with Crippen molar-refractivity contribution in [2.75, 3.05) is 18.0 Å². The third-order valence-electron chi connectivity index (χ3n) is 3.03. The molecule has 0 bridgehead atoms. The summed E-state index contributed by atoms with van der Waals surface area (Å²) >= 11 is 0. The summed E-state index contributed by atoms with van der Waals surface area (Å²) in [6.45, 7) is 3.15. The van der Waals surface area contributed by atoms with Gasteiger partial charge in [-0.1, -0.05) is 12.1 Å². The van der Waals surface area contributed by atoms with Gasteiger partial charge in [0, 0.05) is 18.8 Å². The van der Waals surface area contributed by atoms with Crippen molar-refractivity contribution in [2.24, 2.45) is 0 Å². The number of hydrogen-bond acceptors (Lipinski definition) is 3. The van der Waals surface area contributed by atoms with Crippen molar-refractivity contribution in [1.29, 1.82) is 0 Å². The van der Waals surface area contributed by atoms with Crippen LogP contribution in [0.15, 0.2) is 24.3 Å². The van der Waals surface area contributed by atoms with Crippen LogP contribution in [-0.2, 0) is 9.59 Å². The third-order valence-corrected chi connectivity index (χ3v) is 3.03. The van der Waals surface area contributed by atoms with Crippen LogP contribution in [-0.4, -0.2) is 36.1 Å². The van der Waals surface area contributed by atoms with Crippen LogP contribution in [0.2, 0.25) is 0 Å². The van der Waals surface area contributed by atoms with Gasteiger partial charge >= 0.3 is 5.97 Å². The minimum atomic E-state index is -0.963.